The fraction of sp³-hybridized carbons (Fsp3) is 0.0588. The highest BCUT2D eigenvalue weighted by Gasteiger charge is 2.23. The number of nitrogens with zero attached hydrogens (tertiary/aromatic N) is 2. The number of nitrogens with one attached hydrogen (secondary N) is 1. The van der Waals surface area contributed by atoms with Crippen LogP contribution in [-0.2, 0) is 22.4 Å². The van der Waals surface area contributed by atoms with Gasteiger partial charge in [0.1, 0.15) is 12.4 Å². The molecule has 0 bridgehead atoms. The summed E-state index contributed by atoms with van der Waals surface area (Å²) in [5.41, 5.74) is 1.85. The molecule has 1 aliphatic rings. The fourth-order valence-electron chi connectivity index (χ4n) is 2.50. The van der Waals surface area contributed by atoms with Crippen LogP contribution in [0.25, 0.3) is 15.9 Å². The molecule has 24 heavy (non-hydrogen) atoms. The van der Waals surface area contributed by atoms with Crippen LogP contribution in [0, 0.1) is 0 Å². The quantitative estimate of drug-likeness (QED) is 0.791. The van der Waals surface area contributed by atoms with E-state index in [1.165, 1.54) is 10.8 Å². The zero-order valence-electron chi connectivity index (χ0n) is 12.5. The third-order valence-electron chi connectivity index (χ3n) is 3.63. The second-order valence-electron chi connectivity index (χ2n) is 5.27. The SMILES string of the molecule is O=C1C=C(n2ncc3cc(OCc4ccccc4)ccc32)S(=O)N1. The van der Waals surface area contributed by atoms with E-state index in [0.717, 1.165) is 22.2 Å². The molecule has 1 unspecified atom stereocenters. The molecule has 0 radical (unpaired) electrons. The summed E-state index contributed by atoms with van der Waals surface area (Å²) in [4.78, 5) is 11.3. The van der Waals surface area contributed by atoms with Gasteiger partial charge in [-0.1, -0.05) is 30.3 Å². The van der Waals surface area contributed by atoms with E-state index < -0.39 is 11.0 Å². The van der Waals surface area contributed by atoms with Crippen LogP contribution < -0.4 is 9.46 Å². The zero-order chi connectivity index (χ0) is 16.5. The molecule has 6 nitrogen and oxygen atoms in total. The van der Waals surface area contributed by atoms with Gasteiger partial charge in [0.25, 0.3) is 5.91 Å². The van der Waals surface area contributed by atoms with Gasteiger partial charge < -0.3 is 4.74 Å². The van der Waals surface area contributed by atoms with Crippen LogP contribution in [0.5, 0.6) is 5.75 Å². The number of amides is 1. The number of rotatable bonds is 4. The Morgan fingerprint density at radius 2 is 2.00 bits per heavy atom. The lowest BCUT2D eigenvalue weighted by Gasteiger charge is -2.07. The molecule has 7 heteroatoms. The summed E-state index contributed by atoms with van der Waals surface area (Å²) >= 11 is 0. The molecule has 0 aliphatic carbocycles. The highest BCUT2D eigenvalue weighted by molar-refractivity contribution is 7.93. The highest BCUT2D eigenvalue weighted by atomic mass is 32.2. The van der Waals surface area contributed by atoms with Crippen molar-refractivity contribution in [1.82, 2.24) is 14.5 Å². The average molecular weight is 339 g/mol. The standard InChI is InChI=1S/C17H13N3O3S/c21-16-9-17(24(22)19-16)20-15-7-6-14(8-13(15)10-18-20)23-11-12-4-2-1-3-5-12/h1-10H,11H2,(H,19,21). The molecule has 0 fully saturated rings. The van der Waals surface area contributed by atoms with Gasteiger partial charge in [0.05, 0.1) is 11.7 Å². The van der Waals surface area contributed by atoms with E-state index in [-0.39, 0.29) is 5.91 Å². The first-order valence-electron chi connectivity index (χ1n) is 7.30. The van der Waals surface area contributed by atoms with E-state index in [9.17, 15) is 9.00 Å². The summed E-state index contributed by atoms with van der Waals surface area (Å²) in [5.74, 6) is 0.344. The summed E-state index contributed by atoms with van der Waals surface area (Å²) in [6.45, 7) is 0.480. The Bertz CT molecular complexity index is 979. The maximum absolute atomic E-state index is 11.9. The fourth-order valence-corrected chi connectivity index (χ4v) is 3.36. The monoisotopic (exact) mass is 339 g/mol. The summed E-state index contributed by atoms with van der Waals surface area (Å²) in [7, 11) is -1.58. The lowest BCUT2D eigenvalue weighted by Crippen LogP contribution is -2.17. The second-order valence-corrected chi connectivity index (χ2v) is 6.43. The van der Waals surface area contributed by atoms with Crippen molar-refractivity contribution in [3.05, 3.63) is 66.4 Å². The predicted octanol–water partition coefficient (Wildman–Crippen LogP) is 2.21. The Morgan fingerprint density at radius 3 is 2.75 bits per heavy atom. The molecular weight excluding hydrogens is 326 g/mol. The predicted molar refractivity (Wildman–Crippen MR) is 91.1 cm³/mol. The third kappa shape index (κ3) is 2.69. The molecule has 2 aromatic carbocycles. The van der Waals surface area contributed by atoms with Crippen molar-refractivity contribution in [2.45, 2.75) is 6.61 Å². The number of benzene rings is 2. The summed E-state index contributed by atoms with van der Waals surface area (Å²) < 4.78 is 21.5. The van der Waals surface area contributed by atoms with Crippen molar-refractivity contribution < 1.29 is 13.7 Å². The number of aromatic nitrogens is 2. The van der Waals surface area contributed by atoms with Crippen LogP contribution in [0.2, 0.25) is 0 Å². The maximum atomic E-state index is 11.9. The van der Waals surface area contributed by atoms with Crippen LogP contribution in [0.15, 0.2) is 60.8 Å². The first-order valence-corrected chi connectivity index (χ1v) is 8.45. The Morgan fingerprint density at radius 1 is 1.17 bits per heavy atom. The van der Waals surface area contributed by atoms with Crippen molar-refractivity contribution in [1.29, 1.82) is 0 Å². The molecule has 1 aromatic heterocycles. The van der Waals surface area contributed by atoms with Gasteiger partial charge in [-0.3, -0.25) is 9.52 Å². The third-order valence-corrected chi connectivity index (χ3v) is 4.69. The first kappa shape index (κ1) is 14.6. The van der Waals surface area contributed by atoms with Crippen molar-refractivity contribution in [3.8, 4) is 5.75 Å². The minimum Gasteiger partial charge on any atom is -0.489 e. The van der Waals surface area contributed by atoms with Gasteiger partial charge >= 0.3 is 0 Å². The molecule has 4 rings (SSSR count). The van der Waals surface area contributed by atoms with Gasteiger partial charge in [0.15, 0.2) is 16.0 Å². The second kappa shape index (κ2) is 5.93. The Labute approximate surface area is 140 Å². The van der Waals surface area contributed by atoms with Crippen LogP contribution >= 0.6 is 0 Å². The smallest absolute Gasteiger partial charge is 0.258 e. The number of hydrogen-bond acceptors (Lipinski definition) is 4. The molecule has 120 valence electrons. The number of fused-ring (bicyclic) bond motifs is 1. The van der Waals surface area contributed by atoms with Crippen LogP contribution in [0.4, 0.5) is 0 Å². The first-order chi connectivity index (χ1) is 11.7. The molecule has 0 saturated carbocycles. The zero-order valence-corrected chi connectivity index (χ0v) is 13.3. The molecule has 0 saturated heterocycles. The van der Waals surface area contributed by atoms with E-state index in [1.54, 1.807) is 6.20 Å². The Kier molecular flexibility index (Phi) is 3.62. The van der Waals surface area contributed by atoms with Crippen LogP contribution in [0.3, 0.4) is 0 Å². The van der Waals surface area contributed by atoms with Gasteiger partial charge in [-0.2, -0.15) is 5.10 Å². The molecule has 1 atom stereocenters. The van der Waals surface area contributed by atoms with Crippen molar-refractivity contribution in [3.63, 3.8) is 0 Å². The van der Waals surface area contributed by atoms with Gasteiger partial charge in [0.2, 0.25) is 0 Å². The summed E-state index contributed by atoms with van der Waals surface area (Å²) in [5, 5.41) is 5.40. The van der Waals surface area contributed by atoms with E-state index in [4.69, 9.17) is 4.74 Å². The molecule has 1 N–H and O–H groups in total. The van der Waals surface area contributed by atoms with Crippen molar-refractivity contribution >= 4 is 32.8 Å². The number of carbonyl (C=O) groups excluding carboxylic acids is 1. The maximum Gasteiger partial charge on any atom is 0.258 e. The highest BCUT2D eigenvalue weighted by Crippen LogP contribution is 2.25. The van der Waals surface area contributed by atoms with Crippen LogP contribution in [0.1, 0.15) is 5.56 Å². The molecule has 0 spiro atoms. The minimum atomic E-state index is -1.58. The molecule has 1 amide bonds. The molecule has 3 aromatic rings. The molecular formula is C17H13N3O3S. The number of carbonyl (C=O) groups is 1. The lowest BCUT2D eigenvalue weighted by atomic mass is 10.2. The van der Waals surface area contributed by atoms with Crippen molar-refractivity contribution in [2.75, 3.05) is 0 Å². The van der Waals surface area contributed by atoms with Crippen LogP contribution in [-0.4, -0.2) is 19.9 Å². The topological polar surface area (TPSA) is 73.2 Å². The van der Waals surface area contributed by atoms with Gasteiger partial charge in [0, 0.05) is 11.5 Å². The average Bonchev–Trinajstić information content (AvgIpc) is 3.15. The van der Waals surface area contributed by atoms with Gasteiger partial charge in [-0.15, -0.1) is 0 Å². The van der Waals surface area contributed by atoms with Gasteiger partial charge in [-0.25, -0.2) is 8.89 Å². The van der Waals surface area contributed by atoms with E-state index in [1.807, 2.05) is 48.5 Å². The Hall–Kier alpha value is -2.93. The molecule has 2 heterocycles. The summed E-state index contributed by atoms with van der Waals surface area (Å²) in [6, 6.07) is 15.4. The lowest BCUT2D eigenvalue weighted by molar-refractivity contribution is -0.114. The largest absolute Gasteiger partial charge is 0.489 e. The van der Waals surface area contributed by atoms with E-state index in [0.29, 0.717) is 11.6 Å². The Balaban J connectivity index is 1.60. The minimum absolute atomic E-state index is 0.327. The number of hydrogen-bond donors (Lipinski definition) is 1. The normalized spacial score (nSPS) is 16.9. The number of ether oxygens (including phenoxy) is 1. The molecule has 1 aliphatic heterocycles. The van der Waals surface area contributed by atoms with E-state index >= 15 is 0 Å². The van der Waals surface area contributed by atoms with E-state index in [2.05, 4.69) is 9.82 Å². The summed E-state index contributed by atoms with van der Waals surface area (Å²) in [6.07, 6.45) is 2.95. The van der Waals surface area contributed by atoms with Gasteiger partial charge in [-0.05, 0) is 23.8 Å². The van der Waals surface area contributed by atoms with Crippen molar-refractivity contribution in [2.24, 2.45) is 0 Å².